The Bertz CT molecular complexity index is 1110. The number of hydrogen-bond donors (Lipinski definition) is 0. The van der Waals surface area contributed by atoms with Crippen molar-refractivity contribution in [2.24, 2.45) is 11.1 Å². The summed E-state index contributed by atoms with van der Waals surface area (Å²) in [6, 6.07) is 12.5. The normalized spacial score (nSPS) is 21.6. The van der Waals surface area contributed by atoms with Crippen LogP contribution in [0.15, 0.2) is 58.4 Å². The Morgan fingerprint density at radius 2 is 1.78 bits per heavy atom. The van der Waals surface area contributed by atoms with E-state index in [1.54, 1.807) is 0 Å². The second-order valence-corrected chi connectivity index (χ2v) is 9.72. The zero-order valence-electron chi connectivity index (χ0n) is 18.4. The maximum absolute atomic E-state index is 11.1. The van der Waals surface area contributed by atoms with Gasteiger partial charge >= 0.3 is 0 Å². The average molecular weight is 428 g/mol. The second kappa shape index (κ2) is 8.28. The highest BCUT2D eigenvalue weighted by Gasteiger charge is 2.30. The van der Waals surface area contributed by atoms with Gasteiger partial charge in [-0.1, -0.05) is 17.3 Å². The van der Waals surface area contributed by atoms with Crippen molar-refractivity contribution in [1.29, 1.82) is 0 Å². The summed E-state index contributed by atoms with van der Waals surface area (Å²) in [5, 5.41) is 3.31. The van der Waals surface area contributed by atoms with Gasteiger partial charge in [0.15, 0.2) is 0 Å². The molecular weight excluding hydrogens is 398 g/mol. The molecule has 0 spiro atoms. The minimum atomic E-state index is -0.202. The van der Waals surface area contributed by atoms with Gasteiger partial charge in [-0.05, 0) is 98.5 Å². The lowest BCUT2D eigenvalue weighted by Crippen LogP contribution is -2.34. The SMILES string of the molecule is O=NC1CCc2cc(-c3oc(C4CCN(CC5CC5)CC4)cc3-c3ccncc3)ccc21. The molecule has 6 rings (SSSR count). The Balaban J connectivity index is 1.32. The average Bonchev–Trinajstić information content (AvgIpc) is 3.39. The van der Waals surface area contributed by atoms with Crippen LogP contribution in [0.2, 0.25) is 0 Å². The van der Waals surface area contributed by atoms with Crippen molar-refractivity contribution in [2.45, 2.75) is 50.5 Å². The highest BCUT2D eigenvalue weighted by Crippen LogP contribution is 2.42. The predicted molar refractivity (Wildman–Crippen MR) is 125 cm³/mol. The maximum Gasteiger partial charge on any atom is 0.142 e. The molecule has 1 aromatic carbocycles. The Kier molecular flexibility index (Phi) is 5.14. The molecule has 2 aliphatic carbocycles. The van der Waals surface area contributed by atoms with Gasteiger partial charge in [-0.25, -0.2) is 0 Å². The van der Waals surface area contributed by atoms with Crippen molar-refractivity contribution in [3.8, 4) is 22.5 Å². The number of pyridine rings is 1. The second-order valence-electron chi connectivity index (χ2n) is 9.72. The Hall–Kier alpha value is -2.79. The molecule has 1 unspecified atom stereocenters. The molecule has 3 aromatic rings. The van der Waals surface area contributed by atoms with E-state index in [0.29, 0.717) is 5.92 Å². The number of nitroso groups, excluding NO2 is 1. The van der Waals surface area contributed by atoms with Crippen molar-refractivity contribution in [3.05, 3.63) is 70.6 Å². The molecule has 0 amide bonds. The highest BCUT2D eigenvalue weighted by atomic mass is 16.3. The van der Waals surface area contributed by atoms with Crippen LogP contribution in [0.25, 0.3) is 22.5 Å². The molecule has 1 saturated carbocycles. The molecule has 2 fully saturated rings. The fraction of sp³-hybridized carbons (Fsp3) is 0.444. The molecule has 5 heteroatoms. The van der Waals surface area contributed by atoms with Crippen LogP contribution >= 0.6 is 0 Å². The zero-order valence-corrected chi connectivity index (χ0v) is 18.4. The molecule has 1 saturated heterocycles. The number of aryl methyl sites for hydroxylation is 1. The Morgan fingerprint density at radius 1 is 0.969 bits per heavy atom. The van der Waals surface area contributed by atoms with Gasteiger partial charge in [0.1, 0.15) is 17.6 Å². The number of aromatic nitrogens is 1. The summed E-state index contributed by atoms with van der Waals surface area (Å²) in [4.78, 5) is 18.0. The van der Waals surface area contributed by atoms with Crippen LogP contribution in [0.4, 0.5) is 0 Å². The summed E-state index contributed by atoms with van der Waals surface area (Å²) >= 11 is 0. The topological polar surface area (TPSA) is 58.7 Å². The van der Waals surface area contributed by atoms with Crippen LogP contribution in [0, 0.1) is 10.8 Å². The summed E-state index contributed by atoms with van der Waals surface area (Å²) in [5.74, 6) is 3.45. The van der Waals surface area contributed by atoms with E-state index in [1.807, 2.05) is 12.4 Å². The van der Waals surface area contributed by atoms with Crippen molar-refractivity contribution >= 4 is 0 Å². The molecule has 0 N–H and O–H groups in total. The van der Waals surface area contributed by atoms with Gasteiger partial charge in [0.05, 0.1) is 0 Å². The fourth-order valence-electron chi connectivity index (χ4n) is 5.48. The first-order valence-electron chi connectivity index (χ1n) is 12.0. The standard InChI is InChI=1S/C27H29N3O2/c31-29-25-6-4-21-15-22(3-5-23(21)25)27-24(19-7-11-28-12-8-19)16-26(32-27)20-9-13-30(14-10-20)17-18-1-2-18/h3,5,7-8,11-12,15-16,18,20,25H,1-2,4,6,9-10,13-14,17H2. The van der Waals surface area contributed by atoms with E-state index in [0.717, 1.165) is 65.4 Å². The molecular formula is C27H29N3O2. The van der Waals surface area contributed by atoms with Crippen molar-refractivity contribution in [3.63, 3.8) is 0 Å². The van der Waals surface area contributed by atoms with Crippen molar-refractivity contribution < 1.29 is 4.42 Å². The van der Waals surface area contributed by atoms with Crippen LogP contribution in [-0.2, 0) is 6.42 Å². The summed E-state index contributed by atoms with van der Waals surface area (Å²) in [6.07, 6.45) is 10.5. The van der Waals surface area contributed by atoms with Gasteiger partial charge in [0, 0.05) is 36.0 Å². The predicted octanol–water partition coefficient (Wildman–Crippen LogP) is 6.35. The number of nitrogens with zero attached hydrogens (tertiary/aromatic N) is 3. The van der Waals surface area contributed by atoms with Crippen LogP contribution in [0.5, 0.6) is 0 Å². The lowest BCUT2D eigenvalue weighted by atomic mass is 9.93. The van der Waals surface area contributed by atoms with E-state index in [4.69, 9.17) is 4.42 Å². The quantitative estimate of drug-likeness (QED) is 0.430. The largest absolute Gasteiger partial charge is 0.460 e. The van der Waals surface area contributed by atoms with Gasteiger partial charge in [-0.3, -0.25) is 4.98 Å². The highest BCUT2D eigenvalue weighted by molar-refractivity contribution is 5.80. The van der Waals surface area contributed by atoms with Crippen LogP contribution < -0.4 is 0 Å². The van der Waals surface area contributed by atoms with E-state index < -0.39 is 0 Å². The molecule has 1 aliphatic heterocycles. The molecule has 5 nitrogen and oxygen atoms in total. The number of furan rings is 1. The molecule has 164 valence electrons. The summed E-state index contributed by atoms with van der Waals surface area (Å²) < 4.78 is 6.61. The molecule has 3 aliphatic rings. The first-order valence-corrected chi connectivity index (χ1v) is 12.0. The number of hydrogen-bond acceptors (Lipinski definition) is 5. The van der Waals surface area contributed by atoms with E-state index in [9.17, 15) is 4.91 Å². The third-order valence-electron chi connectivity index (χ3n) is 7.52. The van der Waals surface area contributed by atoms with Gasteiger partial charge < -0.3 is 9.32 Å². The molecule has 0 radical (unpaired) electrons. The molecule has 0 bridgehead atoms. The number of piperidine rings is 1. The fourth-order valence-corrected chi connectivity index (χ4v) is 5.48. The summed E-state index contributed by atoms with van der Waals surface area (Å²) in [5.41, 5.74) is 5.64. The lowest BCUT2D eigenvalue weighted by molar-refractivity contribution is 0.196. The first-order chi connectivity index (χ1) is 15.8. The number of benzene rings is 1. The summed E-state index contributed by atoms with van der Waals surface area (Å²) in [6.45, 7) is 3.62. The number of fused-ring (bicyclic) bond motifs is 1. The van der Waals surface area contributed by atoms with Gasteiger partial charge in [-0.15, -0.1) is 0 Å². The van der Waals surface area contributed by atoms with Gasteiger partial charge in [-0.2, -0.15) is 4.91 Å². The third kappa shape index (κ3) is 3.79. The zero-order chi connectivity index (χ0) is 21.5. The van der Waals surface area contributed by atoms with E-state index in [-0.39, 0.29) is 6.04 Å². The smallest absolute Gasteiger partial charge is 0.142 e. The van der Waals surface area contributed by atoms with E-state index in [2.05, 4.69) is 51.5 Å². The number of rotatable bonds is 6. The van der Waals surface area contributed by atoms with Crippen molar-refractivity contribution in [2.75, 3.05) is 19.6 Å². The van der Waals surface area contributed by atoms with Crippen LogP contribution in [0.1, 0.15) is 61.0 Å². The summed E-state index contributed by atoms with van der Waals surface area (Å²) in [7, 11) is 0. The van der Waals surface area contributed by atoms with Gasteiger partial charge in [0.2, 0.25) is 0 Å². The van der Waals surface area contributed by atoms with E-state index >= 15 is 0 Å². The van der Waals surface area contributed by atoms with Crippen LogP contribution in [0.3, 0.4) is 0 Å². The van der Waals surface area contributed by atoms with Gasteiger partial charge in [0.25, 0.3) is 0 Å². The monoisotopic (exact) mass is 427 g/mol. The van der Waals surface area contributed by atoms with Crippen LogP contribution in [-0.4, -0.2) is 29.5 Å². The minimum absolute atomic E-state index is 0.202. The first kappa shape index (κ1) is 19.9. The lowest BCUT2D eigenvalue weighted by Gasteiger charge is -2.31. The Labute approximate surface area is 188 Å². The molecule has 3 heterocycles. The Morgan fingerprint density at radius 3 is 2.53 bits per heavy atom. The minimum Gasteiger partial charge on any atom is -0.460 e. The third-order valence-corrected chi connectivity index (χ3v) is 7.52. The van der Waals surface area contributed by atoms with E-state index in [1.165, 1.54) is 38.0 Å². The molecule has 1 atom stereocenters. The molecule has 32 heavy (non-hydrogen) atoms. The number of likely N-dealkylation sites (tertiary alicyclic amines) is 1. The van der Waals surface area contributed by atoms with Crippen molar-refractivity contribution in [1.82, 2.24) is 9.88 Å². The maximum atomic E-state index is 11.1. The molecule has 2 aromatic heterocycles.